The summed E-state index contributed by atoms with van der Waals surface area (Å²) < 4.78 is 22.4. The van der Waals surface area contributed by atoms with Crippen LogP contribution in [0.2, 0.25) is 0 Å². The SMILES string of the molecule is O=S1(c2ccccc2)=Nc2c(c3ccccc3n2-c2ccc3c4ccccc4c4ccccc4c3c2)-c2ccccc21. The third-order valence-corrected chi connectivity index (χ3v) is 10.9. The summed E-state index contributed by atoms with van der Waals surface area (Å²) in [4.78, 5) is 1.48. The van der Waals surface area contributed by atoms with Gasteiger partial charge in [-0.2, -0.15) is 4.36 Å². The Hall–Kier alpha value is -5.19. The van der Waals surface area contributed by atoms with Gasteiger partial charge in [0.15, 0.2) is 5.82 Å². The molecule has 3 nitrogen and oxygen atoms in total. The Labute approximate surface area is 243 Å². The number of fused-ring (bicyclic) bond motifs is 11. The number of hydrogen-bond acceptors (Lipinski definition) is 2. The van der Waals surface area contributed by atoms with Gasteiger partial charge in [0.1, 0.15) is 9.73 Å². The second-order valence-electron chi connectivity index (χ2n) is 10.8. The third-order valence-electron chi connectivity index (χ3n) is 8.57. The van der Waals surface area contributed by atoms with Crippen LogP contribution in [0.4, 0.5) is 5.82 Å². The Morgan fingerprint density at radius 2 is 1.05 bits per heavy atom. The summed E-state index contributed by atoms with van der Waals surface area (Å²) in [6, 6.07) is 50.1. The van der Waals surface area contributed by atoms with Crippen LogP contribution >= 0.6 is 0 Å². The molecule has 0 spiro atoms. The molecule has 0 saturated heterocycles. The molecule has 8 aromatic rings. The van der Waals surface area contributed by atoms with Crippen molar-refractivity contribution in [3.63, 3.8) is 0 Å². The van der Waals surface area contributed by atoms with E-state index in [-0.39, 0.29) is 0 Å². The first-order valence-corrected chi connectivity index (χ1v) is 15.6. The van der Waals surface area contributed by atoms with E-state index in [1.54, 1.807) is 0 Å². The lowest BCUT2D eigenvalue weighted by molar-refractivity contribution is 0.676. The fourth-order valence-corrected chi connectivity index (χ4v) is 8.88. The highest BCUT2D eigenvalue weighted by molar-refractivity contribution is 7.94. The van der Waals surface area contributed by atoms with Crippen molar-refractivity contribution in [2.75, 3.05) is 0 Å². The van der Waals surface area contributed by atoms with E-state index >= 15 is 4.21 Å². The molecule has 1 atom stereocenters. The minimum atomic E-state index is -2.92. The van der Waals surface area contributed by atoms with Crippen LogP contribution in [0.3, 0.4) is 0 Å². The largest absolute Gasteiger partial charge is 0.293 e. The van der Waals surface area contributed by atoms with E-state index in [4.69, 9.17) is 4.36 Å². The molecule has 1 aliphatic rings. The van der Waals surface area contributed by atoms with E-state index < -0.39 is 9.73 Å². The highest BCUT2D eigenvalue weighted by Gasteiger charge is 2.31. The summed E-state index contributed by atoms with van der Waals surface area (Å²) in [7, 11) is -2.92. The van der Waals surface area contributed by atoms with Crippen molar-refractivity contribution in [3.8, 4) is 16.8 Å². The molecule has 0 aliphatic carbocycles. The predicted octanol–water partition coefficient (Wildman–Crippen LogP) is 10.3. The number of para-hydroxylation sites is 1. The summed E-state index contributed by atoms with van der Waals surface area (Å²) in [5.41, 5.74) is 4.05. The van der Waals surface area contributed by atoms with E-state index in [2.05, 4.69) is 102 Å². The van der Waals surface area contributed by atoms with Crippen LogP contribution in [0, 0.1) is 0 Å². The van der Waals surface area contributed by atoms with Crippen LogP contribution < -0.4 is 0 Å². The number of hydrogen-bond donors (Lipinski definition) is 0. The van der Waals surface area contributed by atoms with Crippen molar-refractivity contribution in [2.45, 2.75) is 9.79 Å². The van der Waals surface area contributed by atoms with Gasteiger partial charge in [-0.15, -0.1) is 0 Å². The molecule has 4 heteroatoms. The molecule has 0 saturated carbocycles. The second kappa shape index (κ2) is 8.65. The number of rotatable bonds is 2. The molecule has 198 valence electrons. The van der Waals surface area contributed by atoms with Gasteiger partial charge in [-0.3, -0.25) is 4.57 Å². The molecule has 1 aromatic heterocycles. The van der Waals surface area contributed by atoms with Crippen molar-refractivity contribution in [2.24, 2.45) is 4.36 Å². The Balaban J connectivity index is 1.43. The van der Waals surface area contributed by atoms with Gasteiger partial charge < -0.3 is 0 Å². The van der Waals surface area contributed by atoms with E-state index in [9.17, 15) is 0 Å². The van der Waals surface area contributed by atoms with Gasteiger partial charge >= 0.3 is 0 Å². The van der Waals surface area contributed by atoms with E-state index in [1.165, 1.54) is 32.3 Å². The first-order valence-electron chi connectivity index (χ1n) is 14.1. The average Bonchev–Trinajstić information content (AvgIpc) is 3.39. The predicted molar refractivity (Wildman–Crippen MR) is 174 cm³/mol. The van der Waals surface area contributed by atoms with Crippen LogP contribution in [-0.4, -0.2) is 8.78 Å². The summed E-state index contributed by atoms with van der Waals surface area (Å²) in [5.74, 6) is 0.730. The maximum atomic E-state index is 15.0. The lowest BCUT2D eigenvalue weighted by atomic mass is 9.94. The van der Waals surface area contributed by atoms with Crippen LogP contribution in [0.1, 0.15) is 0 Å². The highest BCUT2D eigenvalue weighted by atomic mass is 32.2. The maximum Gasteiger partial charge on any atom is 0.156 e. The third kappa shape index (κ3) is 3.13. The van der Waals surface area contributed by atoms with E-state index in [0.29, 0.717) is 0 Å². The molecule has 1 aliphatic heterocycles. The molecule has 0 radical (unpaired) electrons. The first kappa shape index (κ1) is 23.5. The first-order chi connectivity index (χ1) is 20.7. The molecular formula is C38H24N2OS. The van der Waals surface area contributed by atoms with Crippen molar-refractivity contribution in [3.05, 3.63) is 146 Å². The van der Waals surface area contributed by atoms with Gasteiger partial charge in [0.25, 0.3) is 0 Å². The smallest absolute Gasteiger partial charge is 0.156 e. The van der Waals surface area contributed by atoms with Gasteiger partial charge in [-0.1, -0.05) is 109 Å². The standard InChI is InChI=1S/C38H24N2OS/c41-42(26-12-2-1-3-13-26)36-21-11-9-19-33(36)37-32-18-8-10-20-35(32)40(38(37)39-42)25-22-23-31-29-16-5-4-14-27(29)28-15-6-7-17-30(28)34(31)24-25/h1-24H. The molecule has 9 rings (SSSR count). The zero-order valence-electron chi connectivity index (χ0n) is 22.6. The van der Waals surface area contributed by atoms with Crippen LogP contribution in [0.25, 0.3) is 60.0 Å². The number of nitrogens with zero attached hydrogens (tertiary/aromatic N) is 2. The summed E-state index contributed by atoms with van der Waals surface area (Å²) in [6.45, 7) is 0. The van der Waals surface area contributed by atoms with Crippen molar-refractivity contribution in [1.29, 1.82) is 0 Å². The summed E-state index contributed by atoms with van der Waals surface area (Å²) in [6.07, 6.45) is 0. The van der Waals surface area contributed by atoms with Crippen LogP contribution in [-0.2, 0) is 9.73 Å². The average molecular weight is 557 g/mol. The van der Waals surface area contributed by atoms with E-state index in [0.717, 1.165) is 43.3 Å². The Morgan fingerprint density at radius 1 is 0.500 bits per heavy atom. The zero-order valence-corrected chi connectivity index (χ0v) is 23.4. The topological polar surface area (TPSA) is 34.4 Å². The molecule has 0 N–H and O–H groups in total. The van der Waals surface area contributed by atoms with Crippen molar-refractivity contribution < 1.29 is 4.21 Å². The Bertz CT molecular complexity index is 2480. The summed E-state index contributed by atoms with van der Waals surface area (Å²) in [5, 5.41) is 8.45. The molecule has 2 heterocycles. The van der Waals surface area contributed by atoms with E-state index in [1.807, 2.05) is 48.5 Å². The second-order valence-corrected chi connectivity index (χ2v) is 12.9. The monoisotopic (exact) mass is 556 g/mol. The van der Waals surface area contributed by atoms with Gasteiger partial charge in [0.2, 0.25) is 0 Å². The van der Waals surface area contributed by atoms with Gasteiger partial charge in [0.05, 0.1) is 15.3 Å². The molecule has 7 aromatic carbocycles. The highest BCUT2D eigenvalue weighted by Crippen LogP contribution is 2.50. The van der Waals surface area contributed by atoms with Crippen molar-refractivity contribution in [1.82, 2.24) is 4.57 Å². The Morgan fingerprint density at radius 3 is 1.76 bits per heavy atom. The van der Waals surface area contributed by atoms with Crippen molar-refractivity contribution >= 4 is 58.8 Å². The van der Waals surface area contributed by atoms with Crippen LogP contribution in [0.15, 0.2) is 160 Å². The minimum Gasteiger partial charge on any atom is -0.293 e. The molecule has 0 bridgehead atoms. The summed E-state index contributed by atoms with van der Waals surface area (Å²) >= 11 is 0. The number of aromatic nitrogens is 1. The fraction of sp³-hybridized carbons (Fsp3) is 0. The molecule has 1 unspecified atom stereocenters. The lowest BCUT2D eigenvalue weighted by Gasteiger charge is -2.21. The molecular weight excluding hydrogens is 532 g/mol. The Kier molecular flexibility index (Phi) is 4.84. The number of benzene rings is 7. The van der Waals surface area contributed by atoms with Gasteiger partial charge in [-0.05, 0) is 68.7 Å². The normalized spacial score (nSPS) is 16.0. The lowest BCUT2D eigenvalue weighted by Crippen LogP contribution is -2.08. The fourth-order valence-electron chi connectivity index (χ4n) is 6.74. The molecule has 42 heavy (non-hydrogen) atoms. The molecule has 0 amide bonds. The zero-order chi connectivity index (χ0) is 27.8. The maximum absolute atomic E-state index is 15.0. The quantitative estimate of drug-likeness (QED) is 0.195. The van der Waals surface area contributed by atoms with Gasteiger partial charge in [0, 0.05) is 22.2 Å². The van der Waals surface area contributed by atoms with Gasteiger partial charge in [-0.25, -0.2) is 4.21 Å². The molecule has 0 fully saturated rings. The minimum absolute atomic E-state index is 0.718. The van der Waals surface area contributed by atoms with Crippen LogP contribution in [0.5, 0.6) is 0 Å².